The predicted molar refractivity (Wildman–Crippen MR) is 61.4 cm³/mol. The maximum atomic E-state index is 13.6. The molecule has 0 aromatic heterocycles. The molecule has 0 bridgehead atoms. The van der Waals surface area contributed by atoms with Crippen LogP contribution in [0.2, 0.25) is 0 Å². The van der Waals surface area contributed by atoms with Gasteiger partial charge in [-0.1, -0.05) is 22.9 Å². The average Bonchev–Trinajstić information content (AvgIpc) is 2.90. The molecule has 1 aliphatic rings. The van der Waals surface area contributed by atoms with Gasteiger partial charge in [0, 0.05) is 10.0 Å². The molecule has 3 N–H and O–H groups in total. The smallest absolute Gasteiger partial charge is 0.128 e. The van der Waals surface area contributed by atoms with Crippen LogP contribution < -0.4 is 11.3 Å². The summed E-state index contributed by atoms with van der Waals surface area (Å²) in [5.74, 6) is 6.39. The summed E-state index contributed by atoms with van der Waals surface area (Å²) in [5, 5.41) is 0. The van der Waals surface area contributed by atoms with E-state index >= 15 is 0 Å². The molecule has 0 amide bonds. The minimum absolute atomic E-state index is 0.0718. The van der Waals surface area contributed by atoms with Gasteiger partial charge in [-0.15, -0.1) is 0 Å². The fraction of sp³-hybridized carbons (Fsp3) is 0.455. The molecule has 0 heterocycles. The van der Waals surface area contributed by atoms with E-state index < -0.39 is 0 Å². The van der Waals surface area contributed by atoms with Crippen molar-refractivity contribution in [1.29, 1.82) is 0 Å². The molecule has 0 saturated heterocycles. The standard InChI is InChI=1S/C11H14BrFN2/c1-6-4-8(6)11(15-14)9-5-7(12)2-3-10(9)13/h2-3,5-6,8,11,15H,4,14H2,1H3. The van der Waals surface area contributed by atoms with Crippen LogP contribution in [0.25, 0.3) is 0 Å². The number of nitrogens with two attached hydrogens (primary N) is 1. The van der Waals surface area contributed by atoms with Crippen LogP contribution in [0, 0.1) is 17.7 Å². The molecule has 3 unspecified atom stereocenters. The number of hydrogen-bond acceptors (Lipinski definition) is 2. The van der Waals surface area contributed by atoms with Crippen LogP contribution in [-0.2, 0) is 0 Å². The lowest BCUT2D eigenvalue weighted by atomic mass is 10.0. The van der Waals surface area contributed by atoms with Gasteiger partial charge in [0.25, 0.3) is 0 Å². The zero-order valence-electron chi connectivity index (χ0n) is 8.50. The molecule has 0 radical (unpaired) electrons. The highest BCUT2D eigenvalue weighted by atomic mass is 79.9. The number of hydrogen-bond donors (Lipinski definition) is 2. The summed E-state index contributed by atoms with van der Waals surface area (Å²) in [6.07, 6.45) is 1.11. The van der Waals surface area contributed by atoms with Crippen molar-refractivity contribution in [2.75, 3.05) is 0 Å². The molecular weight excluding hydrogens is 259 g/mol. The Morgan fingerprint density at radius 3 is 2.80 bits per heavy atom. The minimum Gasteiger partial charge on any atom is -0.271 e. The van der Waals surface area contributed by atoms with E-state index in [1.54, 1.807) is 12.1 Å². The predicted octanol–water partition coefficient (Wildman–Crippen LogP) is 2.75. The van der Waals surface area contributed by atoms with E-state index in [1.807, 2.05) is 0 Å². The monoisotopic (exact) mass is 272 g/mol. The SMILES string of the molecule is CC1CC1C(NN)c1cc(Br)ccc1F. The molecule has 3 atom stereocenters. The highest BCUT2D eigenvalue weighted by molar-refractivity contribution is 9.10. The summed E-state index contributed by atoms with van der Waals surface area (Å²) in [6.45, 7) is 2.16. The van der Waals surface area contributed by atoms with Crippen LogP contribution in [-0.4, -0.2) is 0 Å². The van der Waals surface area contributed by atoms with Crippen LogP contribution in [0.3, 0.4) is 0 Å². The molecule has 82 valence electrons. The van der Waals surface area contributed by atoms with E-state index in [-0.39, 0.29) is 11.9 Å². The van der Waals surface area contributed by atoms with Crippen LogP contribution in [0.4, 0.5) is 4.39 Å². The molecule has 1 aromatic carbocycles. The number of nitrogens with one attached hydrogen (secondary N) is 1. The van der Waals surface area contributed by atoms with E-state index in [9.17, 15) is 4.39 Å². The normalized spacial score (nSPS) is 26.4. The van der Waals surface area contributed by atoms with Crippen molar-refractivity contribution in [1.82, 2.24) is 5.43 Å². The number of hydrazine groups is 1. The Balaban J connectivity index is 2.29. The summed E-state index contributed by atoms with van der Waals surface area (Å²) in [7, 11) is 0. The molecule has 2 nitrogen and oxygen atoms in total. The van der Waals surface area contributed by atoms with Crippen molar-refractivity contribution in [2.24, 2.45) is 17.7 Å². The summed E-state index contributed by atoms with van der Waals surface area (Å²) >= 11 is 3.34. The third kappa shape index (κ3) is 2.22. The maximum absolute atomic E-state index is 13.6. The summed E-state index contributed by atoms with van der Waals surface area (Å²) in [5.41, 5.74) is 3.37. The van der Waals surface area contributed by atoms with E-state index in [2.05, 4.69) is 28.3 Å². The third-order valence-corrected chi connectivity index (χ3v) is 3.57. The molecule has 1 fully saturated rings. The maximum Gasteiger partial charge on any atom is 0.128 e. The molecule has 1 aliphatic carbocycles. The Bertz CT molecular complexity index is 370. The van der Waals surface area contributed by atoms with Crippen LogP contribution in [0.15, 0.2) is 22.7 Å². The van der Waals surface area contributed by atoms with Crippen LogP contribution >= 0.6 is 15.9 Å². The van der Waals surface area contributed by atoms with Crippen molar-refractivity contribution >= 4 is 15.9 Å². The molecule has 2 rings (SSSR count). The molecule has 15 heavy (non-hydrogen) atoms. The first kappa shape index (κ1) is 11.0. The minimum atomic E-state index is -0.194. The van der Waals surface area contributed by atoms with Gasteiger partial charge in [0.1, 0.15) is 5.82 Å². The molecule has 4 heteroatoms. The zero-order valence-corrected chi connectivity index (χ0v) is 10.1. The van der Waals surface area contributed by atoms with E-state index in [1.165, 1.54) is 6.07 Å². The Morgan fingerprint density at radius 1 is 1.60 bits per heavy atom. The van der Waals surface area contributed by atoms with Crippen molar-refractivity contribution in [3.63, 3.8) is 0 Å². The van der Waals surface area contributed by atoms with Crippen LogP contribution in [0.1, 0.15) is 24.9 Å². The molecule has 0 aliphatic heterocycles. The summed E-state index contributed by atoms with van der Waals surface area (Å²) in [6, 6.07) is 4.89. The highest BCUT2D eigenvalue weighted by Gasteiger charge is 2.40. The summed E-state index contributed by atoms with van der Waals surface area (Å²) < 4.78 is 14.5. The summed E-state index contributed by atoms with van der Waals surface area (Å²) in [4.78, 5) is 0. The Morgan fingerprint density at radius 2 is 2.27 bits per heavy atom. The van der Waals surface area contributed by atoms with Gasteiger partial charge in [-0.25, -0.2) is 4.39 Å². The Labute approximate surface area is 97.1 Å². The molecule has 1 saturated carbocycles. The van der Waals surface area contributed by atoms with E-state index in [0.717, 1.165) is 10.9 Å². The van der Waals surface area contributed by atoms with Crippen molar-refractivity contribution in [3.05, 3.63) is 34.1 Å². The zero-order chi connectivity index (χ0) is 11.0. The molecular formula is C11H14BrFN2. The molecule has 0 spiro atoms. The van der Waals surface area contributed by atoms with Gasteiger partial charge >= 0.3 is 0 Å². The first-order valence-corrected chi connectivity index (χ1v) is 5.84. The van der Waals surface area contributed by atoms with E-state index in [0.29, 0.717) is 17.4 Å². The van der Waals surface area contributed by atoms with Gasteiger partial charge in [0.15, 0.2) is 0 Å². The number of rotatable bonds is 3. The first-order valence-electron chi connectivity index (χ1n) is 5.04. The fourth-order valence-electron chi connectivity index (χ4n) is 2.01. The van der Waals surface area contributed by atoms with E-state index in [4.69, 9.17) is 5.84 Å². The second-order valence-corrected chi connectivity index (χ2v) is 5.10. The fourth-order valence-corrected chi connectivity index (χ4v) is 2.39. The lowest BCUT2D eigenvalue weighted by Gasteiger charge is -2.17. The highest BCUT2D eigenvalue weighted by Crippen LogP contribution is 2.47. The second kappa shape index (κ2) is 4.20. The van der Waals surface area contributed by atoms with Gasteiger partial charge in [-0.3, -0.25) is 11.3 Å². The Kier molecular flexibility index (Phi) is 3.09. The van der Waals surface area contributed by atoms with Gasteiger partial charge in [-0.2, -0.15) is 0 Å². The lowest BCUT2D eigenvalue weighted by Crippen LogP contribution is -2.30. The van der Waals surface area contributed by atoms with Crippen molar-refractivity contribution in [2.45, 2.75) is 19.4 Å². The third-order valence-electron chi connectivity index (χ3n) is 3.07. The van der Waals surface area contributed by atoms with Gasteiger partial charge in [0.05, 0.1) is 6.04 Å². The van der Waals surface area contributed by atoms with Gasteiger partial charge in [-0.05, 0) is 36.5 Å². The van der Waals surface area contributed by atoms with Crippen molar-refractivity contribution < 1.29 is 4.39 Å². The number of halogens is 2. The van der Waals surface area contributed by atoms with Crippen molar-refractivity contribution in [3.8, 4) is 0 Å². The van der Waals surface area contributed by atoms with Gasteiger partial charge in [0.2, 0.25) is 0 Å². The quantitative estimate of drug-likeness (QED) is 0.656. The van der Waals surface area contributed by atoms with Gasteiger partial charge < -0.3 is 0 Å². The topological polar surface area (TPSA) is 38.0 Å². The average molecular weight is 273 g/mol. The Hall–Kier alpha value is -0.450. The van der Waals surface area contributed by atoms with Crippen LogP contribution in [0.5, 0.6) is 0 Å². The molecule has 1 aromatic rings. The first-order chi connectivity index (χ1) is 7.13. The number of benzene rings is 1. The second-order valence-electron chi connectivity index (χ2n) is 4.19. The largest absolute Gasteiger partial charge is 0.271 e. The lowest BCUT2D eigenvalue weighted by molar-refractivity contribution is 0.452.